The molecule has 0 aliphatic carbocycles. The number of anilines is 1. The zero-order chi connectivity index (χ0) is 17.8. The lowest BCUT2D eigenvalue weighted by molar-refractivity contribution is -0.140. The number of nitrogens with zero attached hydrogens (tertiary/aromatic N) is 2. The van der Waals surface area contributed by atoms with Gasteiger partial charge in [-0.25, -0.2) is 0 Å². The number of aliphatic carboxylic acids is 1. The molecule has 1 aromatic rings. The fourth-order valence-electron chi connectivity index (χ4n) is 3.47. The van der Waals surface area contributed by atoms with Crippen molar-refractivity contribution >= 4 is 23.5 Å². The van der Waals surface area contributed by atoms with Crippen LogP contribution in [0.15, 0.2) is 24.3 Å². The molecule has 134 valence electrons. The van der Waals surface area contributed by atoms with Gasteiger partial charge in [-0.2, -0.15) is 0 Å². The minimum atomic E-state index is -0.895. The van der Waals surface area contributed by atoms with Crippen LogP contribution in [-0.2, 0) is 14.4 Å². The van der Waals surface area contributed by atoms with Crippen molar-refractivity contribution in [2.24, 2.45) is 0 Å². The first kappa shape index (κ1) is 17.3. The van der Waals surface area contributed by atoms with Gasteiger partial charge in [-0.05, 0) is 31.4 Å². The Labute approximate surface area is 146 Å². The predicted octanol–water partition coefficient (Wildman–Crippen LogP) is 1.66. The highest BCUT2D eigenvalue weighted by atomic mass is 16.5. The molecule has 25 heavy (non-hydrogen) atoms. The number of hydrogen-bond acceptors (Lipinski definition) is 4. The van der Waals surface area contributed by atoms with Gasteiger partial charge in [-0.1, -0.05) is 6.07 Å². The lowest BCUT2D eigenvalue weighted by Crippen LogP contribution is -2.39. The number of hydrogen-bond donors (Lipinski definition) is 1. The first-order valence-electron chi connectivity index (χ1n) is 8.59. The summed E-state index contributed by atoms with van der Waals surface area (Å²) in [5, 5.41) is 8.94. The molecule has 0 spiro atoms. The minimum Gasteiger partial charge on any atom is -0.484 e. The van der Waals surface area contributed by atoms with Crippen LogP contribution in [0.2, 0.25) is 0 Å². The number of ether oxygens (including phenoxy) is 1. The maximum atomic E-state index is 12.3. The van der Waals surface area contributed by atoms with Gasteiger partial charge in [0.05, 0.1) is 6.42 Å². The molecule has 3 rings (SSSR count). The van der Waals surface area contributed by atoms with Gasteiger partial charge in [0.2, 0.25) is 5.91 Å². The largest absolute Gasteiger partial charge is 0.484 e. The van der Waals surface area contributed by atoms with Gasteiger partial charge in [0, 0.05) is 37.3 Å². The highest BCUT2D eigenvalue weighted by Gasteiger charge is 2.30. The van der Waals surface area contributed by atoms with Crippen molar-refractivity contribution in [1.29, 1.82) is 0 Å². The van der Waals surface area contributed by atoms with E-state index in [1.807, 2.05) is 6.07 Å². The van der Waals surface area contributed by atoms with Crippen molar-refractivity contribution in [2.45, 2.75) is 38.1 Å². The number of benzene rings is 1. The Morgan fingerprint density at radius 3 is 2.80 bits per heavy atom. The fraction of sp³-hybridized carbons (Fsp3) is 0.500. The monoisotopic (exact) mass is 346 g/mol. The summed E-state index contributed by atoms with van der Waals surface area (Å²) in [7, 11) is 0. The van der Waals surface area contributed by atoms with Crippen LogP contribution in [0.5, 0.6) is 5.75 Å². The van der Waals surface area contributed by atoms with E-state index in [0.29, 0.717) is 31.7 Å². The minimum absolute atomic E-state index is 0.0295. The van der Waals surface area contributed by atoms with Crippen LogP contribution < -0.4 is 9.64 Å². The number of carboxylic acids is 1. The summed E-state index contributed by atoms with van der Waals surface area (Å²) in [6, 6.07) is 6.90. The van der Waals surface area contributed by atoms with E-state index < -0.39 is 5.97 Å². The highest BCUT2D eigenvalue weighted by Crippen LogP contribution is 2.26. The summed E-state index contributed by atoms with van der Waals surface area (Å²) in [5.41, 5.74) is 0.775. The molecule has 0 bridgehead atoms. The van der Waals surface area contributed by atoms with Gasteiger partial charge in [0.15, 0.2) is 6.61 Å². The van der Waals surface area contributed by atoms with Crippen LogP contribution in [-0.4, -0.2) is 53.5 Å². The van der Waals surface area contributed by atoms with Gasteiger partial charge < -0.3 is 19.6 Å². The van der Waals surface area contributed by atoms with Crippen molar-refractivity contribution in [2.75, 3.05) is 24.6 Å². The predicted molar refractivity (Wildman–Crippen MR) is 90.5 cm³/mol. The van der Waals surface area contributed by atoms with Crippen LogP contribution in [0.1, 0.15) is 32.1 Å². The lowest BCUT2D eigenvalue weighted by atomic mass is 10.1. The van der Waals surface area contributed by atoms with Gasteiger partial charge in [0.1, 0.15) is 5.75 Å². The number of carbonyl (C=O) groups is 3. The summed E-state index contributed by atoms with van der Waals surface area (Å²) in [4.78, 5) is 38.4. The highest BCUT2D eigenvalue weighted by molar-refractivity contribution is 5.95. The molecule has 0 saturated carbocycles. The molecule has 0 aromatic heterocycles. The maximum Gasteiger partial charge on any atom is 0.305 e. The Morgan fingerprint density at radius 1 is 1.24 bits per heavy atom. The smallest absolute Gasteiger partial charge is 0.305 e. The van der Waals surface area contributed by atoms with Crippen LogP contribution in [0.4, 0.5) is 5.69 Å². The molecule has 1 N–H and O–H groups in total. The third-order valence-electron chi connectivity index (χ3n) is 4.67. The second kappa shape index (κ2) is 7.55. The third-order valence-corrected chi connectivity index (χ3v) is 4.67. The van der Waals surface area contributed by atoms with Gasteiger partial charge >= 0.3 is 5.97 Å². The normalized spacial score (nSPS) is 20.2. The van der Waals surface area contributed by atoms with Gasteiger partial charge in [-0.15, -0.1) is 0 Å². The van der Waals surface area contributed by atoms with Crippen LogP contribution >= 0.6 is 0 Å². The van der Waals surface area contributed by atoms with E-state index in [0.717, 1.165) is 18.5 Å². The molecule has 7 nitrogen and oxygen atoms in total. The Hall–Kier alpha value is -2.57. The molecular weight excluding hydrogens is 324 g/mol. The van der Waals surface area contributed by atoms with E-state index in [9.17, 15) is 14.4 Å². The quantitative estimate of drug-likeness (QED) is 0.846. The van der Waals surface area contributed by atoms with Crippen molar-refractivity contribution in [3.8, 4) is 5.75 Å². The van der Waals surface area contributed by atoms with Crippen LogP contribution in [0, 0.1) is 0 Å². The first-order chi connectivity index (χ1) is 12.0. The Balaban J connectivity index is 1.59. The molecule has 0 radical (unpaired) electrons. The molecule has 2 amide bonds. The van der Waals surface area contributed by atoms with Crippen molar-refractivity contribution in [3.05, 3.63) is 24.3 Å². The summed E-state index contributed by atoms with van der Waals surface area (Å²) >= 11 is 0. The number of amides is 2. The standard InChI is InChI=1S/C18H22N2O5/c21-16-7-3-9-19(16)13-4-1-6-15(10-13)25-12-17(22)20-8-2-5-14(20)11-18(23)24/h1,4,6,10,14H,2-3,5,7-9,11-12H2,(H,23,24). The molecular formula is C18H22N2O5. The molecule has 1 aromatic carbocycles. The van der Waals surface area contributed by atoms with Crippen LogP contribution in [0.3, 0.4) is 0 Å². The third kappa shape index (κ3) is 4.10. The molecule has 1 unspecified atom stereocenters. The van der Waals surface area contributed by atoms with Gasteiger partial charge in [0.25, 0.3) is 5.91 Å². The zero-order valence-electron chi connectivity index (χ0n) is 14.0. The number of likely N-dealkylation sites (tertiary alicyclic amines) is 1. The molecule has 2 saturated heterocycles. The van der Waals surface area contributed by atoms with E-state index in [1.165, 1.54) is 0 Å². The number of rotatable bonds is 6. The van der Waals surface area contributed by atoms with E-state index >= 15 is 0 Å². The lowest BCUT2D eigenvalue weighted by Gasteiger charge is -2.23. The van der Waals surface area contributed by atoms with E-state index in [2.05, 4.69) is 0 Å². The van der Waals surface area contributed by atoms with Crippen molar-refractivity contribution in [3.63, 3.8) is 0 Å². The van der Waals surface area contributed by atoms with Crippen molar-refractivity contribution < 1.29 is 24.2 Å². The molecule has 2 aliphatic rings. The Bertz CT molecular complexity index is 675. The average Bonchev–Trinajstić information content (AvgIpc) is 3.21. The summed E-state index contributed by atoms with van der Waals surface area (Å²) in [6.45, 7) is 1.14. The Kier molecular flexibility index (Phi) is 5.21. The summed E-state index contributed by atoms with van der Waals surface area (Å²) < 4.78 is 5.59. The molecule has 1 atom stereocenters. The van der Waals surface area contributed by atoms with Crippen LogP contribution in [0.25, 0.3) is 0 Å². The average molecular weight is 346 g/mol. The Morgan fingerprint density at radius 2 is 2.08 bits per heavy atom. The van der Waals surface area contributed by atoms with E-state index in [-0.39, 0.29) is 30.9 Å². The second-order valence-corrected chi connectivity index (χ2v) is 6.42. The fourth-order valence-corrected chi connectivity index (χ4v) is 3.47. The zero-order valence-corrected chi connectivity index (χ0v) is 14.0. The number of carbonyl (C=O) groups excluding carboxylic acids is 2. The van der Waals surface area contributed by atoms with Crippen molar-refractivity contribution in [1.82, 2.24) is 4.90 Å². The summed E-state index contributed by atoms with van der Waals surface area (Å²) in [5.74, 6) is -0.471. The van der Waals surface area contributed by atoms with E-state index in [1.54, 1.807) is 28.0 Å². The second-order valence-electron chi connectivity index (χ2n) is 6.42. The SMILES string of the molecule is O=C(O)CC1CCCN1C(=O)COc1cccc(N2CCCC2=O)c1. The van der Waals surface area contributed by atoms with Gasteiger partial charge in [-0.3, -0.25) is 14.4 Å². The summed E-state index contributed by atoms with van der Waals surface area (Å²) in [6.07, 6.45) is 2.91. The topological polar surface area (TPSA) is 87.2 Å². The number of carboxylic acid groups (broad SMARTS) is 1. The molecule has 2 heterocycles. The molecule has 2 fully saturated rings. The first-order valence-corrected chi connectivity index (χ1v) is 8.59. The molecule has 2 aliphatic heterocycles. The maximum absolute atomic E-state index is 12.3. The molecule has 7 heteroatoms. The van der Waals surface area contributed by atoms with E-state index in [4.69, 9.17) is 9.84 Å².